The molecule has 1 aromatic rings. The first-order valence-electron chi connectivity index (χ1n) is 6.23. The summed E-state index contributed by atoms with van der Waals surface area (Å²) >= 11 is 1.75. The number of thiophene rings is 1. The van der Waals surface area contributed by atoms with Gasteiger partial charge in [-0.05, 0) is 43.2 Å². The van der Waals surface area contributed by atoms with Crippen molar-refractivity contribution < 1.29 is 4.79 Å². The molecule has 3 nitrogen and oxygen atoms in total. The molecule has 1 N–H and O–H groups in total. The van der Waals surface area contributed by atoms with Gasteiger partial charge in [0, 0.05) is 18.5 Å². The fourth-order valence-corrected chi connectivity index (χ4v) is 2.40. The maximum atomic E-state index is 11.8. The first-order valence-corrected chi connectivity index (χ1v) is 7.10. The van der Waals surface area contributed by atoms with Crippen molar-refractivity contribution in [1.29, 1.82) is 0 Å². The van der Waals surface area contributed by atoms with Gasteiger partial charge in [-0.2, -0.15) is 0 Å². The molecule has 1 saturated carbocycles. The van der Waals surface area contributed by atoms with Gasteiger partial charge in [-0.1, -0.05) is 6.07 Å². The van der Waals surface area contributed by atoms with E-state index in [4.69, 9.17) is 0 Å². The highest BCUT2D eigenvalue weighted by molar-refractivity contribution is 7.09. The molecule has 0 unspecified atom stereocenters. The maximum Gasteiger partial charge on any atom is 0.236 e. The summed E-state index contributed by atoms with van der Waals surface area (Å²) in [7, 11) is 1.88. The van der Waals surface area contributed by atoms with Crippen LogP contribution in [0.25, 0.3) is 0 Å². The Morgan fingerprint density at radius 1 is 1.59 bits per heavy atom. The van der Waals surface area contributed by atoms with E-state index < -0.39 is 0 Å². The second kappa shape index (κ2) is 6.17. The third-order valence-electron chi connectivity index (χ3n) is 3.11. The van der Waals surface area contributed by atoms with Crippen molar-refractivity contribution >= 4 is 17.2 Å². The van der Waals surface area contributed by atoms with Gasteiger partial charge >= 0.3 is 0 Å². The lowest BCUT2D eigenvalue weighted by Gasteiger charge is -2.17. The largest absolute Gasteiger partial charge is 0.344 e. The number of carbonyl (C=O) groups is 1. The Morgan fingerprint density at radius 3 is 3.06 bits per heavy atom. The van der Waals surface area contributed by atoms with Crippen molar-refractivity contribution in [3.8, 4) is 0 Å². The van der Waals surface area contributed by atoms with Crippen LogP contribution in [-0.2, 0) is 11.2 Å². The van der Waals surface area contributed by atoms with Gasteiger partial charge in [0.15, 0.2) is 0 Å². The summed E-state index contributed by atoms with van der Waals surface area (Å²) in [5.41, 5.74) is 0. The Balaban J connectivity index is 1.60. The molecule has 94 valence electrons. The fourth-order valence-electron chi connectivity index (χ4n) is 1.70. The average Bonchev–Trinajstić information content (AvgIpc) is 3.00. The molecule has 0 atom stereocenters. The molecular weight excluding hydrogens is 232 g/mol. The predicted molar refractivity (Wildman–Crippen MR) is 71.3 cm³/mol. The lowest BCUT2D eigenvalue weighted by Crippen LogP contribution is -2.37. The summed E-state index contributed by atoms with van der Waals surface area (Å²) in [6.45, 7) is 2.30. The number of nitrogens with zero attached hydrogens (tertiary/aromatic N) is 1. The zero-order valence-corrected chi connectivity index (χ0v) is 11.1. The van der Waals surface area contributed by atoms with Gasteiger partial charge in [0.25, 0.3) is 0 Å². The lowest BCUT2D eigenvalue weighted by molar-refractivity contribution is -0.128. The van der Waals surface area contributed by atoms with E-state index in [0.29, 0.717) is 6.54 Å². The van der Waals surface area contributed by atoms with E-state index in [2.05, 4.69) is 22.8 Å². The van der Waals surface area contributed by atoms with Crippen LogP contribution in [0.2, 0.25) is 0 Å². The van der Waals surface area contributed by atoms with E-state index in [9.17, 15) is 4.79 Å². The first-order chi connectivity index (χ1) is 8.25. The number of nitrogens with one attached hydrogen (secondary N) is 1. The highest BCUT2D eigenvalue weighted by atomic mass is 32.1. The van der Waals surface area contributed by atoms with Gasteiger partial charge in [-0.15, -0.1) is 11.3 Å². The molecule has 1 aromatic heterocycles. The average molecular weight is 252 g/mol. The zero-order valence-electron chi connectivity index (χ0n) is 10.3. The summed E-state index contributed by atoms with van der Waals surface area (Å²) in [5, 5.41) is 5.31. The van der Waals surface area contributed by atoms with Crippen LogP contribution in [0.3, 0.4) is 0 Å². The molecule has 17 heavy (non-hydrogen) atoms. The third kappa shape index (κ3) is 4.48. The highest BCUT2D eigenvalue weighted by Crippen LogP contribution is 2.27. The van der Waals surface area contributed by atoms with E-state index in [1.165, 1.54) is 17.7 Å². The van der Waals surface area contributed by atoms with Crippen molar-refractivity contribution in [2.45, 2.75) is 19.3 Å². The van der Waals surface area contributed by atoms with Crippen LogP contribution < -0.4 is 5.32 Å². The van der Waals surface area contributed by atoms with Crippen molar-refractivity contribution in [1.82, 2.24) is 10.2 Å². The molecule has 1 aliphatic carbocycles. The number of hydrogen-bond acceptors (Lipinski definition) is 3. The van der Waals surface area contributed by atoms with E-state index in [1.54, 1.807) is 11.3 Å². The van der Waals surface area contributed by atoms with E-state index in [-0.39, 0.29) is 5.91 Å². The van der Waals surface area contributed by atoms with Gasteiger partial charge in [0.05, 0.1) is 6.54 Å². The van der Waals surface area contributed by atoms with Crippen LogP contribution in [0.1, 0.15) is 17.7 Å². The summed E-state index contributed by atoms with van der Waals surface area (Å²) in [4.78, 5) is 14.9. The minimum Gasteiger partial charge on any atom is -0.344 e. The van der Waals surface area contributed by atoms with Gasteiger partial charge in [-0.25, -0.2) is 0 Å². The molecule has 1 amide bonds. The van der Waals surface area contributed by atoms with E-state index in [0.717, 1.165) is 25.4 Å². The molecule has 1 heterocycles. The molecule has 2 rings (SSSR count). The minimum atomic E-state index is 0.196. The third-order valence-corrected chi connectivity index (χ3v) is 4.04. The molecule has 0 aliphatic heterocycles. The summed E-state index contributed by atoms with van der Waals surface area (Å²) in [5.74, 6) is 1.03. The van der Waals surface area contributed by atoms with Crippen molar-refractivity contribution in [3.05, 3.63) is 22.4 Å². The van der Waals surface area contributed by atoms with Gasteiger partial charge in [-0.3, -0.25) is 4.79 Å². The fraction of sp³-hybridized carbons (Fsp3) is 0.615. The predicted octanol–water partition coefficient (Wildman–Crippen LogP) is 1.75. The summed E-state index contributed by atoms with van der Waals surface area (Å²) in [6, 6.07) is 4.17. The topological polar surface area (TPSA) is 32.3 Å². The SMILES string of the molecule is CN(CCc1cccs1)C(=O)CNCC1CC1. The standard InChI is InChI=1S/C13H20N2OS/c1-15(7-6-12-3-2-8-17-12)13(16)10-14-9-11-4-5-11/h2-3,8,11,14H,4-7,9-10H2,1H3. The van der Waals surface area contributed by atoms with E-state index >= 15 is 0 Å². The second-order valence-corrected chi connectivity index (χ2v) is 5.75. The molecule has 1 aliphatic rings. The zero-order chi connectivity index (χ0) is 12.1. The van der Waals surface area contributed by atoms with Gasteiger partial charge < -0.3 is 10.2 Å². The Labute approximate surface area is 107 Å². The van der Waals surface area contributed by atoms with Gasteiger partial charge in [0.2, 0.25) is 5.91 Å². The van der Waals surface area contributed by atoms with Gasteiger partial charge in [0.1, 0.15) is 0 Å². The number of rotatable bonds is 7. The van der Waals surface area contributed by atoms with Crippen LogP contribution >= 0.6 is 11.3 Å². The van der Waals surface area contributed by atoms with Crippen molar-refractivity contribution in [2.75, 3.05) is 26.7 Å². The lowest BCUT2D eigenvalue weighted by atomic mass is 10.3. The Hall–Kier alpha value is -0.870. The van der Waals surface area contributed by atoms with Crippen LogP contribution in [0.5, 0.6) is 0 Å². The molecule has 1 fully saturated rings. The monoisotopic (exact) mass is 252 g/mol. The van der Waals surface area contributed by atoms with Crippen molar-refractivity contribution in [3.63, 3.8) is 0 Å². The quantitative estimate of drug-likeness (QED) is 0.802. The number of carbonyl (C=O) groups excluding carboxylic acids is 1. The van der Waals surface area contributed by atoms with Crippen LogP contribution in [0, 0.1) is 5.92 Å². The number of hydrogen-bond donors (Lipinski definition) is 1. The number of likely N-dealkylation sites (N-methyl/N-ethyl adjacent to an activating group) is 1. The Morgan fingerprint density at radius 2 is 2.41 bits per heavy atom. The summed E-state index contributed by atoms with van der Waals surface area (Å²) in [6.07, 6.45) is 3.62. The molecule has 0 saturated heterocycles. The maximum absolute atomic E-state index is 11.8. The number of amides is 1. The molecule has 0 radical (unpaired) electrons. The van der Waals surface area contributed by atoms with Crippen LogP contribution in [0.15, 0.2) is 17.5 Å². The molecule has 0 spiro atoms. The smallest absolute Gasteiger partial charge is 0.236 e. The van der Waals surface area contributed by atoms with Crippen LogP contribution in [-0.4, -0.2) is 37.5 Å². The molecule has 0 bridgehead atoms. The molecular formula is C13H20N2OS. The summed E-state index contributed by atoms with van der Waals surface area (Å²) < 4.78 is 0. The highest BCUT2D eigenvalue weighted by Gasteiger charge is 2.20. The Kier molecular flexibility index (Phi) is 4.57. The van der Waals surface area contributed by atoms with Crippen LogP contribution in [0.4, 0.5) is 0 Å². The Bertz CT molecular complexity index is 346. The normalized spacial score (nSPS) is 14.9. The minimum absolute atomic E-state index is 0.196. The first kappa shape index (κ1) is 12.6. The second-order valence-electron chi connectivity index (χ2n) is 4.72. The van der Waals surface area contributed by atoms with Crippen molar-refractivity contribution in [2.24, 2.45) is 5.92 Å². The van der Waals surface area contributed by atoms with E-state index in [1.807, 2.05) is 11.9 Å². The molecule has 0 aromatic carbocycles. The molecule has 4 heteroatoms.